The Bertz CT molecular complexity index is 776. The number of β-amino-alcohol motifs (C(OH)–C–C–N with tert-alkyl or cyclic N) is 1. The summed E-state index contributed by atoms with van der Waals surface area (Å²) in [6.07, 6.45) is 8.30. The highest BCUT2D eigenvalue weighted by atomic mass is 16.5. The first-order chi connectivity index (χ1) is 13.7. The second-order valence-corrected chi connectivity index (χ2v) is 7.45. The van der Waals surface area contributed by atoms with Gasteiger partial charge in [-0.05, 0) is 37.1 Å². The molecule has 0 radical (unpaired) electrons. The van der Waals surface area contributed by atoms with Crippen molar-refractivity contribution in [1.82, 2.24) is 14.9 Å². The SMILES string of the molecule is O=C(c1ccc(N2CCCC(O)C2)nc1)N1CCC(Oc2cccnc2)CC1. The van der Waals surface area contributed by atoms with Crippen molar-refractivity contribution in [3.63, 3.8) is 0 Å². The zero-order chi connectivity index (χ0) is 19.3. The largest absolute Gasteiger partial charge is 0.489 e. The Labute approximate surface area is 165 Å². The molecule has 1 amide bonds. The van der Waals surface area contributed by atoms with Gasteiger partial charge in [0.05, 0.1) is 17.9 Å². The van der Waals surface area contributed by atoms with Crippen LogP contribution in [0, 0.1) is 0 Å². The summed E-state index contributed by atoms with van der Waals surface area (Å²) in [4.78, 5) is 25.2. The zero-order valence-electron chi connectivity index (χ0n) is 15.9. The minimum absolute atomic E-state index is 0.0116. The number of aliphatic hydroxyl groups is 1. The van der Waals surface area contributed by atoms with Crippen molar-refractivity contribution in [2.45, 2.75) is 37.9 Å². The molecule has 1 atom stereocenters. The van der Waals surface area contributed by atoms with Crippen molar-refractivity contribution in [3.8, 4) is 5.75 Å². The van der Waals surface area contributed by atoms with Gasteiger partial charge in [0.1, 0.15) is 17.7 Å². The molecule has 28 heavy (non-hydrogen) atoms. The van der Waals surface area contributed by atoms with Crippen molar-refractivity contribution in [1.29, 1.82) is 0 Å². The third-order valence-electron chi connectivity index (χ3n) is 5.38. The molecule has 2 aliphatic heterocycles. The van der Waals surface area contributed by atoms with Gasteiger partial charge in [0.15, 0.2) is 0 Å². The number of nitrogens with zero attached hydrogens (tertiary/aromatic N) is 4. The van der Waals surface area contributed by atoms with Gasteiger partial charge in [0, 0.05) is 51.4 Å². The average molecular weight is 382 g/mol. The minimum Gasteiger partial charge on any atom is -0.489 e. The molecule has 0 bridgehead atoms. The van der Waals surface area contributed by atoms with Crippen LogP contribution in [0.4, 0.5) is 5.82 Å². The van der Waals surface area contributed by atoms with Gasteiger partial charge >= 0.3 is 0 Å². The topological polar surface area (TPSA) is 78.8 Å². The Morgan fingerprint density at radius 2 is 1.96 bits per heavy atom. The predicted octanol–water partition coefficient (Wildman–Crippen LogP) is 2.12. The van der Waals surface area contributed by atoms with Crippen LogP contribution in [0.3, 0.4) is 0 Å². The second-order valence-electron chi connectivity index (χ2n) is 7.45. The van der Waals surface area contributed by atoms with Gasteiger partial charge < -0.3 is 19.6 Å². The van der Waals surface area contributed by atoms with Crippen LogP contribution in [0.2, 0.25) is 0 Å². The average Bonchev–Trinajstić information content (AvgIpc) is 2.75. The Morgan fingerprint density at radius 3 is 2.64 bits per heavy atom. The van der Waals surface area contributed by atoms with E-state index in [0.29, 0.717) is 25.2 Å². The molecule has 2 aromatic heterocycles. The molecule has 4 heterocycles. The number of likely N-dealkylation sites (tertiary alicyclic amines) is 1. The van der Waals surface area contributed by atoms with Crippen molar-refractivity contribution in [2.24, 2.45) is 0 Å². The molecule has 1 unspecified atom stereocenters. The van der Waals surface area contributed by atoms with E-state index < -0.39 is 0 Å². The first-order valence-electron chi connectivity index (χ1n) is 9.94. The molecule has 0 saturated carbocycles. The fourth-order valence-electron chi connectivity index (χ4n) is 3.83. The summed E-state index contributed by atoms with van der Waals surface area (Å²) in [6.45, 7) is 2.83. The molecule has 148 valence electrons. The minimum atomic E-state index is -0.299. The van der Waals surface area contributed by atoms with E-state index in [-0.39, 0.29) is 18.1 Å². The number of pyridine rings is 2. The molecular weight excluding hydrogens is 356 g/mol. The zero-order valence-corrected chi connectivity index (χ0v) is 15.9. The number of hydrogen-bond acceptors (Lipinski definition) is 6. The molecule has 2 saturated heterocycles. The number of ether oxygens (including phenoxy) is 1. The third-order valence-corrected chi connectivity index (χ3v) is 5.38. The Hall–Kier alpha value is -2.67. The van der Waals surface area contributed by atoms with Crippen LogP contribution in [0.25, 0.3) is 0 Å². The van der Waals surface area contributed by atoms with Crippen LogP contribution in [0.5, 0.6) is 5.75 Å². The van der Waals surface area contributed by atoms with Crippen LogP contribution < -0.4 is 9.64 Å². The summed E-state index contributed by atoms with van der Waals surface area (Å²) >= 11 is 0. The maximum Gasteiger partial charge on any atom is 0.255 e. The lowest BCUT2D eigenvalue weighted by Crippen LogP contribution is -2.42. The number of anilines is 1. The van der Waals surface area contributed by atoms with E-state index >= 15 is 0 Å². The number of piperidine rings is 2. The fraction of sp³-hybridized carbons (Fsp3) is 0.476. The quantitative estimate of drug-likeness (QED) is 0.873. The fourth-order valence-corrected chi connectivity index (χ4v) is 3.83. The first kappa shape index (κ1) is 18.7. The number of carbonyl (C=O) groups is 1. The smallest absolute Gasteiger partial charge is 0.255 e. The van der Waals surface area contributed by atoms with E-state index in [1.807, 2.05) is 29.2 Å². The first-order valence-corrected chi connectivity index (χ1v) is 9.94. The van der Waals surface area contributed by atoms with E-state index in [2.05, 4.69) is 14.9 Å². The summed E-state index contributed by atoms with van der Waals surface area (Å²) in [5.41, 5.74) is 0.605. The van der Waals surface area contributed by atoms with E-state index in [1.165, 1.54) is 0 Å². The maximum atomic E-state index is 12.8. The lowest BCUT2D eigenvalue weighted by Gasteiger charge is -2.32. The number of amides is 1. The van der Waals surface area contributed by atoms with Gasteiger partial charge in [0.25, 0.3) is 5.91 Å². The van der Waals surface area contributed by atoms with Crippen LogP contribution in [0.15, 0.2) is 42.9 Å². The summed E-state index contributed by atoms with van der Waals surface area (Å²) in [7, 11) is 0. The lowest BCUT2D eigenvalue weighted by molar-refractivity contribution is 0.0594. The number of hydrogen-bond donors (Lipinski definition) is 1. The van der Waals surface area contributed by atoms with Crippen molar-refractivity contribution in [3.05, 3.63) is 48.4 Å². The number of rotatable bonds is 4. The van der Waals surface area contributed by atoms with E-state index in [1.54, 1.807) is 18.6 Å². The Balaban J connectivity index is 1.31. The highest BCUT2D eigenvalue weighted by molar-refractivity contribution is 5.94. The van der Waals surface area contributed by atoms with Crippen molar-refractivity contribution < 1.29 is 14.6 Å². The summed E-state index contributed by atoms with van der Waals surface area (Å²) in [6, 6.07) is 7.47. The molecular formula is C21H26N4O3. The summed E-state index contributed by atoms with van der Waals surface area (Å²) in [5.74, 6) is 1.60. The third kappa shape index (κ3) is 4.42. The van der Waals surface area contributed by atoms with E-state index in [0.717, 1.165) is 43.8 Å². The molecule has 2 aromatic rings. The second kappa shape index (κ2) is 8.56. The van der Waals surface area contributed by atoms with Crippen LogP contribution in [0.1, 0.15) is 36.0 Å². The van der Waals surface area contributed by atoms with Gasteiger partial charge in [0.2, 0.25) is 0 Å². The van der Waals surface area contributed by atoms with Crippen molar-refractivity contribution >= 4 is 11.7 Å². The number of aliphatic hydroxyl groups excluding tert-OH is 1. The highest BCUT2D eigenvalue weighted by Gasteiger charge is 2.25. The van der Waals surface area contributed by atoms with Crippen LogP contribution in [-0.4, -0.2) is 64.3 Å². The monoisotopic (exact) mass is 382 g/mol. The number of aromatic nitrogens is 2. The van der Waals surface area contributed by atoms with Crippen molar-refractivity contribution in [2.75, 3.05) is 31.1 Å². The molecule has 7 nitrogen and oxygen atoms in total. The molecule has 2 aliphatic rings. The molecule has 0 spiro atoms. The molecule has 4 rings (SSSR count). The van der Waals surface area contributed by atoms with Gasteiger partial charge in [-0.1, -0.05) is 0 Å². The van der Waals surface area contributed by atoms with Gasteiger partial charge in [-0.25, -0.2) is 4.98 Å². The van der Waals surface area contributed by atoms with Gasteiger partial charge in [-0.3, -0.25) is 9.78 Å². The van der Waals surface area contributed by atoms with Crippen LogP contribution >= 0.6 is 0 Å². The standard InChI is InChI=1S/C21H26N4O3/c26-17-3-2-10-25(15-17)20-6-5-16(13-23-20)21(27)24-11-7-18(8-12-24)28-19-4-1-9-22-14-19/h1,4-6,9,13-14,17-18,26H,2-3,7-8,10-12,15H2. The van der Waals surface area contributed by atoms with Gasteiger partial charge in [-0.2, -0.15) is 0 Å². The molecule has 0 aromatic carbocycles. The maximum absolute atomic E-state index is 12.8. The van der Waals surface area contributed by atoms with E-state index in [4.69, 9.17) is 4.74 Å². The summed E-state index contributed by atoms with van der Waals surface area (Å²) < 4.78 is 5.94. The predicted molar refractivity (Wildman–Crippen MR) is 105 cm³/mol. The molecule has 1 N–H and O–H groups in total. The molecule has 0 aliphatic carbocycles. The molecule has 2 fully saturated rings. The highest BCUT2D eigenvalue weighted by Crippen LogP contribution is 2.21. The Kier molecular flexibility index (Phi) is 5.71. The van der Waals surface area contributed by atoms with Crippen LogP contribution in [-0.2, 0) is 0 Å². The number of carbonyl (C=O) groups excluding carboxylic acids is 1. The Morgan fingerprint density at radius 1 is 1.11 bits per heavy atom. The normalized spacial score (nSPS) is 20.8. The van der Waals surface area contributed by atoms with E-state index in [9.17, 15) is 9.90 Å². The van der Waals surface area contributed by atoms with Gasteiger partial charge in [-0.15, -0.1) is 0 Å². The molecule has 7 heteroatoms. The summed E-state index contributed by atoms with van der Waals surface area (Å²) in [5, 5.41) is 9.82. The lowest BCUT2D eigenvalue weighted by atomic mass is 10.1.